The summed E-state index contributed by atoms with van der Waals surface area (Å²) in [6, 6.07) is 36.2. The monoisotopic (exact) mass is 684 g/mol. The Balaban J connectivity index is 1.65. The minimum absolute atomic E-state index is 0.0493. The number of benzene rings is 4. The quantitative estimate of drug-likeness (QED) is 0.0732. The molecule has 0 saturated carbocycles. The fourth-order valence-electron chi connectivity index (χ4n) is 7.07. The van der Waals surface area contributed by atoms with Gasteiger partial charge in [-0.05, 0) is 53.0 Å². The fourth-order valence-corrected chi connectivity index (χ4v) is 7.07. The highest BCUT2D eigenvalue weighted by molar-refractivity contribution is 6.07. The maximum Gasteiger partial charge on any atom is 0.324 e. The minimum Gasteiger partial charge on any atom is -0.497 e. The van der Waals surface area contributed by atoms with Crippen molar-refractivity contribution in [3.05, 3.63) is 149 Å². The summed E-state index contributed by atoms with van der Waals surface area (Å²) >= 11 is 0. The van der Waals surface area contributed by atoms with E-state index in [1.54, 1.807) is 38.5 Å². The summed E-state index contributed by atoms with van der Waals surface area (Å²) in [4.78, 5) is 41.3. The van der Waals surface area contributed by atoms with Crippen LogP contribution in [0.1, 0.15) is 63.7 Å². The van der Waals surface area contributed by atoms with Crippen molar-refractivity contribution in [1.82, 2.24) is 0 Å². The summed E-state index contributed by atoms with van der Waals surface area (Å²) in [7, 11) is 5.75. The van der Waals surface area contributed by atoms with Crippen molar-refractivity contribution in [3.8, 4) is 17.1 Å². The number of esters is 2. The molecule has 1 atom stereocenters. The number of ether oxygens (including phenoxy) is 4. The number of carbonyl (C=O) groups is 3. The van der Waals surface area contributed by atoms with Crippen molar-refractivity contribution < 1.29 is 37.7 Å². The molecule has 0 N–H and O–H groups in total. The second-order valence-corrected chi connectivity index (χ2v) is 12.4. The van der Waals surface area contributed by atoms with Crippen molar-refractivity contribution in [3.63, 3.8) is 0 Å². The first kappa shape index (κ1) is 35.1. The van der Waals surface area contributed by atoms with E-state index in [2.05, 4.69) is 0 Å². The highest BCUT2D eigenvalue weighted by Gasteiger charge is 2.54. The Kier molecular flexibility index (Phi) is 10.6. The van der Waals surface area contributed by atoms with Gasteiger partial charge < -0.3 is 23.4 Å². The first-order chi connectivity index (χ1) is 24.8. The van der Waals surface area contributed by atoms with E-state index in [1.165, 1.54) is 14.2 Å². The smallest absolute Gasteiger partial charge is 0.324 e. The Morgan fingerprint density at radius 1 is 0.686 bits per heavy atom. The highest BCUT2D eigenvalue weighted by Crippen LogP contribution is 2.53. The van der Waals surface area contributed by atoms with Gasteiger partial charge in [0, 0.05) is 48.6 Å². The van der Waals surface area contributed by atoms with Gasteiger partial charge in [0.2, 0.25) is 0 Å². The van der Waals surface area contributed by atoms with Gasteiger partial charge in [0.05, 0.1) is 21.3 Å². The molecule has 0 bridgehead atoms. The summed E-state index contributed by atoms with van der Waals surface area (Å²) in [6.45, 7) is 0. The zero-order valence-corrected chi connectivity index (χ0v) is 29.1. The molecular formula is C43H40O8. The molecule has 0 spiro atoms. The molecule has 0 unspecified atom stereocenters. The minimum atomic E-state index is -1.75. The second-order valence-electron chi connectivity index (χ2n) is 12.4. The van der Waals surface area contributed by atoms with Crippen LogP contribution in [0.2, 0.25) is 0 Å². The second kappa shape index (κ2) is 15.4. The predicted octanol–water partition coefficient (Wildman–Crippen LogP) is 8.54. The van der Waals surface area contributed by atoms with Crippen LogP contribution >= 0.6 is 0 Å². The molecule has 0 saturated heterocycles. The lowest BCUT2D eigenvalue weighted by Gasteiger charge is -2.34. The molecule has 0 aliphatic heterocycles. The average molecular weight is 685 g/mol. The lowest BCUT2D eigenvalue weighted by atomic mass is 9.68. The van der Waals surface area contributed by atoms with E-state index in [9.17, 15) is 14.4 Å². The Morgan fingerprint density at radius 3 is 1.84 bits per heavy atom. The van der Waals surface area contributed by atoms with Gasteiger partial charge in [-0.3, -0.25) is 14.4 Å². The number of ketones is 1. The van der Waals surface area contributed by atoms with Gasteiger partial charge in [-0.25, -0.2) is 0 Å². The molecule has 0 radical (unpaired) electrons. The molecular weight excluding hydrogens is 644 g/mol. The van der Waals surface area contributed by atoms with E-state index < -0.39 is 23.5 Å². The maximum atomic E-state index is 13.8. The van der Waals surface area contributed by atoms with Gasteiger partial charge in [-0.2, -0.15) is 0 Å². The van der Waals surface area contributed by atoms with E-state index in [4.69, 9.17) is 23.4 Å². The van der Waals surface area contributed by atoms with Crippen LogP contribution in [0.15, 0.2) is 120 Å². The largest absolute Gasteiger partial charge is 0.497 e. The van der Waals surface area contributed by atoms with Crippen LogP contribution in [0.5, 0.6) is 5.75 Å². The number of furan rings is 1. The number of rotatable bonds is 12. The van der Waals surface area contributed by atoms with E-state index in [0.29, 0.717) is 34.8 Å². The zero-order chi connectivity index (χ0) is 36.0. The van der Waals surface area contributed by atoms with Gasteiger partial charge >= 0.3 is 11.9 Å². The molecule has 0 amide bonds. The Morgan fingerprint density at radius 2 is 1.27 bits per heavy atom. The number of fused-ring (bicyclic) bond motifs is 1. The predicted molar refractivity (Wildman–Crippen MR) is 194 cm³/mol. The van der Waals surface area contributed by atoms with Crippen LogP contribution in [-0.4, -0.2) is 46.2 Å². The maximum absolute atomic E-state index is 13.8. The average Bonchev–Trinajstić information content (AvgIpc) is 3.57. The highest BCUT2D eigenvalue weighted by atomic mass is 16.5. The van der Waals surface area contributed by atoms with Crippen LogP contribution in [0, 0.1) is 5.41 Å². The summed E-state index contributed by atoms with van der Waals surface area (Å²) < 4.78 is 29.0. The number of methoxy groups -OCH3 is 4. The molecule has 260 valence electrons. The molecule has 1 heterocycles. The lowest BCUT2D eigenvalue weighted by Crippen LogP contribution is -2.45. The number of hydrogen-bond donors (Lipinski definition) is 0. The summed E-state index contributed by atoms with van der Waals surface area (Å²) in [5, 5.41) is 0. The molecule has 1 aromatic heterocycles. The molecule has 1 aliphatic carbocycles. The molecule has 6 rings (SSSR count). The number of allylic oxidation sites excluding steroid dienone is 2. The Labute approximate surface area is 297 Å². The van der Waals surface area contributed by atoms with Gasteiger partial charge in [0.25, 0.3) is 0 Å². The van der Waals surface area contributed by atoms with Gasteiger partial charge in [-0.15, -0.1) is 0 Å². The summed E-state index contributed by atoms with van der Waals surface area (Å²) in [5.74, 6) is 0.110. The molecule has 0 fully saturated rings. The molecule has 8 nitrogen and oxygen atoms in total. The topological polar surface area (TPSA) is 101 Å². The lowest BCUT2D eigenvalue weighted by molar-refractivity contribution is -0.169. The Hall–Kier alpha value is -5.73. The zero-order valence-electron chi connectivity index (χ0n) is 29.1. The first-order valence-electron chi connectivity index (χ1n) is 16.8. The van der Waals surface area contributed by atoms with Crippen LogP contribution in [-0.2, 0) is 30.2 Å². The third kappa shape index (κ3) is 6.87. The molecule has 4 aromatic carbocycles. The number of hydrogen-bond acceptors (Lipinski definition) is 8. The van der Waals surface area contributed by atoms with E-state index in [-0.39, 0.29) is 25.0 Å². The third-order valence-electron chi connectivity index (χ3n) is 9.55. The van der Waals surface area contributed by atoms with E-state index in [0.717, 1.165) is 33.4 Å². The fraction of sp³-hybridized carbons (Fsp3) is 0.233. The first-order valence-corrected chi connectivity index (χ1v) is 16.8. The van der Waals surface area contributed by atoms with Crippen LogP contribution in [0.25, 0.3) is 22.5 Å². The standard InChI is InChI=1S/C43H40O8/c1-47-32-22-20-29(21-23-32)35(44)25-24-33(28-14-8-5-9-15-28)34-26-43(41(45)49-3,42(46)50-4)27-36-37(34)38(39(48-2)30-16-10-6-11-17-30)40(51-36)31-18-12-7-13-19-31/h5-23,39H,24-27H2,1-4H3/b34-33+/t39-/m1/s1. The molecule has 1 aliphatic rings. The third-order valence-corrected chi connectivity index (χ3v) is 9.55. The molecule has 8 heteroatoms. The van der Waals surface area contributed by atoms with E-state index in [1.807, 2.05) is 91.0 Å². The normalized spacial score (nSPS) is 14.9. The number of Topliss-reactive ketones (excluding diaryl/α,β-unsaturated/α-hetero) is 1. The van der Waals surface area contributed by atoms with E-state index >= 15 is 0 Å². The van der Waals surface area contributed by atoms with Gasteiger partial charge in [-0.1, -0.05) is 91.0 Å². The van der Waals surface area contributed by atoms with Gasteiger partial charge in [0.1, 0.15) is 23.4 Å². The van der Waals surface area contributed by atoms with Crippen LogP contribution < -0.4 is 4.74 Å². The SMILES string of the molecule is COC(=O)C1(C(=O)OC)C/C(=C(/CCC(=O)c2ccc(OC)cc2)c2ccccc2)c2c(oc(-c3ccccc3)c2[C@H](OC)c2ccccc2)C1. The van der Waals surface area contributed by atoms with Crippen molar-refractivity contribution in [1.29, 1.82) is 0 Å². The van der Waals surface area contributed by atoms with Crippen molar-refractivity contribution in [2.24, 2.45) is 5.41 Å². The molecule has 51 heavy (non-hydrogen) atoms. The van der Waals surface area contributed by atoms with Crippen molar-refractivity contribution in [2.45, 2.75) is 31.8 Å². The molecule has 5 aromatic rings. The Bertz CT molecular complexity index is 2010. The van der Waals surface area contributed by atoms with Gasteiger partial charge in [0.15, 0.2) is 11.2 Å². The summed E-state index contributed by atoms with van der Waals surface area (Å²) in [6.07, 6.45) is -0.263. The van der Waals surface area contributed by atoms with Crippen LogP contribution in [0.3, 0.4) is 0 Å². The summed E-state index contributed by atoms with van der Waals surface area (Å²) in [5.41, 5.74) is 4.32. The van der Waals surface area contributed by atoms with Crippen molar-refractivity contribution >= 4 is 28.9 Å². The van der Waals surface area contributed by atoms with Crippen LogP contribution in [0.4, 0.5) is 0 Å². The number of carbonyl (C=O) groups excluding carboxylic acids is 3. The van der Waals surface area contributed by atoms with Crippen molar-refractivity contribution in [2.75, 3.05) is 28.4 Å².